The fourth-order valence-corrected chi connectivity index (χ4v) is 2.44. The first-order chi connectivity index (χ1) is 11.9. The van der Waals surface area contributed by atoms with Crippen molar-refractivity contribution in [1.82, 2.24) is 20.4 Å². The first-order valence-electron chi connectivity index (χ1n) is 8.69. The lowest BCUT2D eigenvalue weighted by Gasteiger charge is -2.20. The van der Waals surface area contributed by atoms with Crippen LogP contribution in [0.25, 0.3) is 0 Å². The van der Waals surface area contributed by atoms with Crippen molar-refractivity contribution in [2.24, 2.45) is 10.9 Å². The minimum absolute atomic E-state index is 0. The molecule has 0 bridgehead atoms. The van der Waals surface area contributed by atoms with Gasteiger partial charge >= 0.3 is 0 Å². The average Bonchev–Trinajstić information content (AvgIpc) is 3.22. The lowest BCUT2D eigenvalue weighted by atomic mass is 10.0. The molecule has 3 N–H and O–H groups in total. The third-order valence-corrected chi connectivity index (χ3v) is 3.84. The van der Waals surface area contributed by atoms with Gasteiger partial charge in [-0.1, -0.05) is 6.92 Å². The number of aromatic nitrogens is 2. The van der Waals surface area contributed by atoms with Crippen LogP contribution in [0.1, 0.15) is 32.3 Å². The van der Waals surface area contributed by atoms with Gasteiger partial charge in [0.05, 0.1) is 6.54 Å². The molecule has 0 spiro atoms. The van der Waals surface area contributed by atoms with Crippen LogP contribution in [0, 0.1) is 12.8 Å². The summed E-state index contributed by atoms with van der Waals surface area (Å²) in [5.74, 6) is 2.36. The summed E-state index contributed by atoms with van der Waals surface area (Å²) in [5.41, 5.74) is -1.14. The van der Waals surface area contributed by atoms with Crippen molar-refractivity contribution in [3.05, 3.63) is 42.1 Å². The summed E-state index contributed by atoms with van der Waals surface area (Å²) in [6.45, 7) is 10.3. The lowest BCUT2D eigenvalue weighted by Crippen LogP contribution is -2.41. The molecule has 2 rings (SSSR count). The van der Waals surface area contributed by atoms with Crippen LogP contribution >= 0.6 is 24.0 Å². The number of nitrogens with one attached hydrogen (secondary N) is 2. The van der Waals surface area contributed by atoms with Gasteiger partial charge in [0.25, 0.3) is 0 Å². The van der Waals surface area contributed by atoms with Crippen LogP contribution in [0.2, 0.25) is 0 Å². The van der Waals surface area contributed by atoms with Crippen LogP contribution in [0.4, 0.5) is 0 Å². The van der Waals surface area contributed by atoms with Crippen molar-refractivity contribution in [3.8, 4) is 0 Å². The monoisotopic (exact) mass is 475 g/mol. The summed E-state index contributed by atoms with van der Waals surface area (Å²) in [7, 11) is 0. The summed E-state index contributed by atoms with van der Waals surface area (Å²) >= 11 is 0. The van der Waals surface area contributed by atoms with Gasteiger partial charge in [-0.3, -0.25) is 4.68 Å². The van der Waals surface area contributed by atoms with Gasteiger partial charge in [-0.2, -0.15) is 5.10 Å². The zero-order valence-corrected chi connectivity index (χ0v) is 18.2. The molecule has 2 unspecified atom stereocenters. The number of aliphatic imine (C=N–C) groups is 1. The Morgan fingerprint density at radius 2 is 2.19 bits per heavy atom. The summed E-state index contributed by atoms with van der Waals surface area (Å²) < 4.78 is 7.44. The number of aryl methyl sites for hydroxylation is 1. The Hall–Kier alpha value is -1.55. The molecular weight excluding hydrogens is 445 g/mol. The topological polar surface area (TPSA) is 87.6 Å². The van der Waals surface area contributed by atoms with E-state index in [9.17, 15) is 5.11 Å². The minimum atomic E-state index is -1.14. The van der Waals surface area contributed by atoms with Gasteiger partial charge in [0, 0.05) is 32.0 Å². The maximum atomic E-state index is 10.6. The maximum absolute atomic E-state index is 10.6. The van der Waals surface area contributed by atoms with Crippen molar-refractivity contribution in [2.75, 3.05) is 19.6 Å². The molecule has 0 aliphatic heterocycles. The maximum Gasteiger partial charge on any atom is 0.191 e. The Morgan fingerprint density at radius 3 is 2.77 bits per heavy atom. The van der Waals surface area contributed by atoms with Gasteiger partial charge in [-0.25, -0.2) is 4.99 Å². The molecule has 2 atom stereocenters. The molecule has 2 aromatic rings. The number of hydrogen-bond donors (Lipinski definition) is 3. The van der Waals surface area contributed by atoms with Crippen LogP contribution < -0.4 is 10.6 Å². The number of aliphatic hydroxyl groups is 1. The van der Waals surface area contributed by atoms with Gasteiger partial charge in [0.15, 0.2) is 5.96 Å². The Bertz CT molecular complexity index is 667. The van der Waals surface area contributed by atoms with E-state index in [0.29, 0.717) is 17.6 Å². The number of hydrogen-bond acceptors (Lipinski definition) is 4. The van der Waals surface area contributed by atoms with E-state index in [2.05, 4.69) is 27.6 Å². The van der Waals surface area contributed by atoms with Crippen molar-refractivity contribution >= 4 is 29.9 Å². The quantitative estimate of drug-likeness (QED) is 0.310. The second-order valence-corrected chi connectivity index (χ2v) is 6.59. The molecule has 26 heavy (non-hydrogen) atoms. The number of nitrogens with zero attached hydrogens (tertiary/aromatic N) is 3. The fourth-order valence-electron chi connectivity index (χ4n) is 2.44. The van der Waals surface area contributed by atoms with E-state index < -0.39 is 5.60 Å². The highest BCUT2D eigenvalue weighted by Crippen LogP contribution is 2.23. The summed E-state index contributed by atoms with van der Waals surface area (Å²) in [6.07, 6.45) is 3.74. The van der Waals surface area contributed by atoms with E-state index in [4.69, 9.17) is 4.42 Å². The molecule has 0 aliphatic rings. The summed E-state index contributed by atoms with van der Waals surface area (Å²) in [4.78, 5) is 4.50. The molecule has 0 radical (unpaired) electrons. The number of halogens is 1. The van der Waals surface area contributed by atoms with Crippen molar-refractivity contribution in [2.45, 2.75) is 39.8 Å². The smallest absolute Gasteiger partial charge is 0.191 e. The van der Waals surface area contributed by atoms with Crippen LogP contribution in [0.5, 0.6) is 0 Å². The van der Waals surface area contributed by atoms with Crippen molar-refractivity contribution < 1.29 is 9.52 Å². The van der Waals surface area contributed by atoms with Crippen LogP contribution in [0.3, 0.4) is 0 Å². The molecule has 146 valence electrons. The zero-order chi connectivity index (χ0) is 18.3. The molecule has 0 saturated heterocycles. The van der Waals surface area contributed by atoms with Crippen LogP contribution in [-0.2, 0) is 12.1 Å². The second kappa shape index (κ2) is 10.6. The molecule has 7 nitrogen and oxygen atoms in total. The third-order valence-electron chi connectivity index (χ3n) is 3.84. The van der Waals surface area contributed by atoms with E-state index in [1.165, 1.54) is 0 Å². The van der Waals surface area contributed by atoms with E-state index >= 15 is 0 Å². The van der Waals surface area contributed by atoms with Gasteiger partial charge < -0.3 is 20.2 Å². The highest BCUT2D eigenvalue weighted by molar-refractivity contribution is 14.0. The third kappa shape index (κ3) is 6.99. The molecular formula is C18H30IN5O2. The molecule has 2 heterocycles. The van der Waals surface area contributed by atoms with Gasteiger partial charge in [-0.05, 0) is 44.9 Å². The SMILES string of the molecule is CCNC(=NCC(C)(O)c1ccc(C)o1)NCC(C)Cn1cccn1.I. The van der Waals surface area contributed by atoms with Crippen molar-refractivity contribution in [1.29, 1.82) is 0 Å². The largest absolute Gasteiger partial charge is 0.463 e. The first-order valence-corrected chi connectivity index (χ1v) is 8.69. The second-order valence-electron chi connectivity index (χ2n) is 6.59. The van der Waals surface area contributed by atoms with E-state index in [0.717, 1.165) is 25.4 Å². The molecule has 0 saturated carbocycles. The molecule has 0 aliphatic carbocycles. The normalized spacial score (nSPS) is 15.0. The fraction of sp³-hybridized carbons (Fsp3) is 0.556. The van der Waals surface area contributed by atoms with E-state index in [-0.39, 0.29) is 30.5 Å². The molecule has 8 heteroatoms. The minimum Gasteiger partial charge on any atom is -0.463 e. The van der Waals surface area contributed by atoms with Gasteiger partial charge in [0.1, 0.15) is 17.1 Å². The molecule has 0 fully saturated rings. The zero-order valence-electron chi connectivity index (χ0n) is 15.9. The Morgan fingerprint density at radius 1 is 1.42 bits per heavy atom. The predicted molar refractivity (Wildman–Crippen MR) is 114 cm³/mol. The Kier molecular flexibility index (Phi) is 9.14. The van der Waals surface area contributed by atoms with E-state index in [1.54, 1.807) is 19.2 Å². The van der Waals surface area contributed by atoms with Crippen molar-refractivity contribution in [3.63, 3.8) is 0 Å². The number of guanidine groups is 1. The highest BCUT2D eigenvalue weighted by atomic mass is 127. The Balaban J connectivity index is 0.00000338. The highest BCUT2D eigenvalue weighted by Gasteiger charge is 2.26. The summed E-state index contributed by atoms with van der Waals surface area (Å²) in [6, 6.07) is 5.55. The number of rotatable bonds is 8. The lowest BCUT2D eigenvalue weighted by molar-refractivity contribution is 0.0428. The predicted octanol–water partition coefficient (Wildman–Crippen LogP) is 2.50. The summed E-state index contributed by atoms with van der Waals surface area (Å²) in [5, 5.41) is 21.3. The standard InChI is InChI=1S/C18H29N5O2.HI/c1-5-19-17(20-11-14(2)12-23-10-6-9-22-23)21-13-18(4,24)16-8-7-15(3)25-16;/h6-10,14,24H,5,11-13H2,1-4H3,(H2,19,20,21);1H. The molecule has 0 amide bonds. The average molecular weight is 475 g/mol. The number of furan rings is 1. The van der Waals surface area contributed by atoms with Gasteiger partial charge in [0.2, 0.25) is 0 Å². The molecule has 0 aromatic carbocycles. The van der Waals surface area contributed by atoms with Gasteiger partial charge in [-0.15, -0.1) is 24.0 Å². The van der Waals surface area contributed by atoms with E-state index in [1.807, 2.05) is 36.9 Å². The first kappa shape index (κ1) is 22.5. The Labute approximate surface area is 172 Å². The van der Waals surface area contributed by atoms with Crippen LogP contribution in [-0.4, -0.2) is 40.5 Å². The van der Waals surface area contributed by atoms with Crippen LogP contribution in [0.15, 0.2) is 40.0 Å². The molecule has 2 aromatic heterocycles.